The van der Waals surface area contributed by atoms with Gasteiger partial charge in [0.25, 0.3) is 0 Å². The van der Waals surface area contributed by atoms with Gasteiger partial charge in [-0.2, -0.15) is 0 Å². The van der Waals surface area contributed by atoms with Gasteiger partial charge < -0.3 is 25.1 Å². The highest BCUT2D eigenvalue weighted by molar-refractivity contribution is 6.46. The fraction of sp³-hybridized carbons (Fsp3) is 0.111. The smallest absolute Gasteiger partial charge is 0.464 e. The zero-order chi connectivity index (χ0) is 20.3. The van der Waals surface area contributed by atoms with E-state index >= 15 is 0 Å². The first kappa shape index (κ1) is 19.5. The first-order valence-electron chi connectivity index (χ1n) is 8.23. The number of carbonyl (C=O) groups excluding carboxylic acids is 2. The lowest BCUT2D eigenvalue weighted by molar-refractivity contribution is -0.136. The second-order valence-electron chi connectivity index (χ2n) is 6.03. The Morgan fingerprint density at radius 1 is 1.11 bits per heavy atom. The number of amides is 2. The Labute approximate surface area is 158 Å². The Morgan fingerprint density at radius 3 is 2.57 bits per heavy atom. The maximum absolute atomic E-state index is 13.6. The van der Waals surface area contributed by atoms with Crippen molar-refractivity contribution in [1.29, 1.82) is 0 Å². The van der Waals surface area contributed by atoms with Gasteiger partial charge in [0, 0.05) is 11.5 Å². The number of fused-ring (bicyclic) bond motifs is 1. The van der Waals surface area contributed by atoms with Crippen molar-refractivity contribution >= 4 is 35.6 Å². The number of hydrogen-bond acceptors (Lipinski definition) is 5. The van der Waals surface area contributed by atoms with Crippen LogP contribution in [-0.4, -0.2) is 34.9 Å². The predicted molar refractivity (Wildman–Crippen MR) is 97.0 cm³/mol. The van der Waals surface area contributed by atoms with Crippen LogP contribution < -0.4 is 10.6 Å². The number of hydrogen-bond donors (Lipinski definition) is 4. The van der Waals surface area contributed by atoms with Crippen molar-refractivity contribution in [3.8, 4) is 0 Å². The molecule has 3 rings (SSSR count). The zero-order valence-electron chi connectivity index (χ0n) is 14.4. The van der Waals surface area contributed by atoms with E-state index in [9.17, 15) is 28.4 Å². The third kappa shape index (κ3) is 4.35. The van der Waals surface area contributed by atoms with Crippen LogP contribution in [-0.2, 0) is 16.0 Å². The molecule has 7 nitrogen and oxygen atoms in total. The first-order valence-corrected chi connectivity index (χ1v) is 8.23. The number of carbonyl (C=O) groups is 2. The molecular weight excluding hydrogens is 373 g/mol. The molecule has 2 amide bonds. The van der Waals surface area contributed by atoms with Crippen molar-refractivity contribution in [3.63, 3.8) is 0 Å². The monoisotopic (exact) mass is 388 g/mol. The maximum Gasteiger partial charge on any atom is 0.475 e. The first-order chi connectivity index (χ1) is 13.3. The minimum atomic E-state index is -1.96. The van der Waals surface area contributed by atoms with Gasteiger partial charge in [-0.15, -0.1) is 0 Å². The second-order valence-corrected chi connectivity index (χ2v) is 6.03. The lowest BCUT2D eigenvalue weighted by Gasteiger charge is -2.17. The molecule has 0 unspecified atom stereocenters. The summed E-state index contributed by atoms with van der Waals surface area (Å²) in [6.07, 6.45) is 1.39. The maximum atomic E-state index is 13.6. The summed E-state index contributed by atoms with van der Waals surface area (Å²) in [6, 6.07) is 9.47. The molecule has 3 aromatic rings. The summed E-state index contributed by atoms with van der Waals surface area (Å²) in [4.78, 5) is 24.0. The summed E-state index contributed by atoms with van der Waals surface area (Å²) in [5.41, 5.74) is 0.794. The van der Waals surface area contributed by atoms with Crippen LogP contribution in [0.5, 0.6) is 0 Å². The number of anilines is 1. The fourth-order valence-electron chi connectivity index (χ4n) is 2.66. The van der Waals surface area contributed by atoms with E-state index in [0.717, 1.165) is 17.5 Å². The van der Waals surface area contributed by atoms with E-state index in [4.69, 9.17) is 4.42 Å². The van der Waals surface area contributed by atoms with Crippen molar-refractivity contribution in [1.82, 2.24) is 5.32 Å². The van der Waals surface area contributed by atoms with Crippen molar-refractivity contribution in [2.24, 2.45) is 0 Å². The topological polar surface area (TPSA) is 112 Å². The highest BCUT2D eigenvalue weighted by Crippen LogP contribution is 2.22. The number of benzene rings is 2. The van der Waals surface area contributed by atoms with Gasteiger partial charge in [-0.05, 0) is 30.2 Å². The largest absolute Gasteiger partial charge is 0.475 e. The summed E-state index contributed by atoms with van der Waals surface area (Å²) in [5, 5.41) is 24.0. The number of rotatable bonds is 5. The molecular formula is C18H15BF2N2O5. The molecule has 0 fully saturated rings. The van der Waals surface area contributed by atoms with Crippen LogP contribution in [0.15, 0.2) is 53.1 Å². The Hall–Kier alpha value is -3.24. The molecule has 2 aromatic carbocycles. The van der Waals surface area contributed by atoms with Gasteiger partial charge in [-0.3, -0.25) is 9.59 Å². The van der Waals surface area contributed by atoms with Crippen LogP contribution in [0.3, 0.4) is 0 Å². The molecule has 4 N–H and O–H groups in total. The summed E-state index contributed by atoms with van der Waals surface area (Å²) >= 11 is 0. The average molecular weight is 388 g/mol. The molecule has 144 valence electrons. The van der Waals surface area contributed by atoms with Gasteiger partial charge in [-0.25, -0.2) is 8.78 Å². The predicted octanol–water partition coefficient (Wildman–Crippen LogP) is 1.39. The van der Waals surface area contributed by atoms with Crippen molar-refractivity contribution in [3.05, 3.63) is 65.9 Å². The SMILES string of the molecule is O=C(Nc1ccc(F)cc1F)C(=O)N[C@@H](Cc1coc2ccccc12)B(O)O. The van der Waals surface area contributed by atoms with E-state index in [0.29, 0.717) is 17.2 Å². The molecule has 1 heterocycles. The zero-order valence-corrected chi connectivity index (χ0v) is 14.4. The lowest BCUT2D eigenvalue weighted by atomic mass is 9.76. The molecule has 0 saturated carbocycles. The minimum absolute atomic E-state index is 0.0292. The van der Waals surface area contributed by atoms with Gasteiger partial charge in [0.15, 0.2) is 0 Å². The van der Waals surface area contributed by atoms with Crippen molar-refractivity contribution < 1.29 is 32.8 Å². The van der Waals surface area contributed by atoms with E-state index in [-0.39, 0.29) is 12.1 Å². The van der Waals surface area contributed by atoms with E-state index in [1.165, 1.54) is 6.26 Å². The van der Waals surface area contributed by atoms with E-state index in [1.54, 1.807) is 24.3 Å². The van der Waals surface area contributed by atoms with Gasteiger partial charge in [0.2, 0.25) is 0 Å². The quantitative estimate of drug-likeness (QED) is 0.390. The Balaban J connectivity index is 1.69. The molecule has 0 aliphatic carbocycles. The number of halogens is 2. The van der Waals surface area contributed by atoms with Crippen LogP contribution in [0.4, 0.5) is 14.5 Å². The van der Waals surface area contributed by atoms with Crippen LogP contribution >= 0.6 is 0 Å². The molecule has 0 aliphatic heterocycles. The normalized spacial score (nSPS) is 11.9. The van der Waals surface area contributed by atoms with Gasteiger partial charge in [0.05, 0.1) is 17.9 Å². The van der Waals surface area contributed by atoms with E-state index in [1.807, 2.05) is 5.32 Å². The third-order valence-corrected chi connectivity index (χ3v) is 4.06. The van der Waals surface area contributed by atoms with Gasteiger partial charge in [0.1, 0.15) is 17.2 Å². The van der Waals surface area contributed by atoms with E-state index < -0.39 is 36.5 Å². The number of furan rings is 1. The second kappa shape index (κ2) is 8.20. The molecule has 0 aliphatic rings. The van der Waals surface area contributed by atoms with Crippen LogP contribution in [0, 0.1) is 11.6 Å². The molecule has 10 heteroatoms. The Bertz CT molecular complexity index is 1020. The highest BCUT2D eigenvalue weighted by Gasteiger charge is 2.29. The molecule has 28 heavy (non-hydrogen) atoms. The molecule has 0 bridgehead atoms. The minimum Gasteiger partial charge on any atom is -0.464 e. The lowest BCUT2D eigenvalue weighted by Crippen LogP contribution is -2.51. The standard InChI is InChI=1S/C18H15BF2N2O5/c20-11-5-6-14(13(21)8-11)22-17(24)18(25)23-16(19(26)27)7-10-9-28-15-4-2-1-3-12(10)15/h1-6,8-9,16,26-27H,7H2,(H,22,24)(H,23,25)/t16-/m0/s1. The average Bonchev–Trinajstić information content (AvgIpc) is 3.06. The van der Waals surface area contributed by atoms with E-state index in [2.05, 4.69) is 5.32 Å². The molecule has 0 radical (unpaired) electrons. The van der Waals surface area contributed by atoms with Gasteiger partial charge in [-0.1, -0.05) is 18.2 Å². The number of nitrogens with one attached hydrogen (secondary N) is 2. The Kier molecular flexibility index (Phi) is 5.71. The summed E-state index contributed by atoms with van der Waals surface area (Å²) in [5.74, 6) is -5.57. The van der Waals surface area contributed by atoms with Crippen LogP contribution in [0.25, 0.3) is 11.0 Å². The summed E-state index contributed by atoms with van der Waals surface area (Å²) < 4.78 is 31.8. The number of para-hydroxylation sites is 1. The Morgan fingerprint density at radius 2 is 1.86 bits per heavy atom. The molecule has 1 atom stereocenters. The molecule has 0 spiro atoms. The summed E-state index contributed by atoms with van der Waals surface area (Å²) in [7, 11) is -1.96. The summed E-state index contributed by atoms with van der Waals surface area (Å²) in [6.45, 7) is 0. The highest BCUT2D eigenvalue weighted by atomic mass is 19.1. The molecule has 1 aromatic heterocycles. The molecule has 0 saturated heterocycles. The van der Waals surface area contributed by atoms with Crippen molar-refractivity contribution in [2.45, 2.75) is 12.4 Å². The van der Waals surface area contributed by atoms with Gasteiger partial charge >= 0.3 is 18.9 Å². The van der Waals surface area contributed by atoms with Crippen LogP contribution in [0.1, 0.15) is 5.56 Å². The third-order valence-electron chi connectivity index (χ3n) is 4.06. The van der Waals surface area contributed by atoms with Crippen LogP contribution in [0.2, 0.25) is 0 Å². The fourth-order valence-corrected chi connectivity index (χ4v) is 2.66. The van der Waals surface area contributed by atoms with Crippen molar-refractivity contribution in [2.75, 3.05) is 5.32 Å².